The monoisotopic (exact) mass is 192 g/mol. The second-order valence-corrected chi connectivity index (χ2v) is 6.16. The summed E-state index contributed by atoms with van der Waals surface area (Å²) in [4.78, 5) is 0. The Morgan fingerprint density at radius 3 is 1.64 bits per heavy atom. The molecular formula is C14H24. The lowest BCUT2D eigenvalue weighted by molar-refractivity contribution is 0.133. The first-order valence-electron chi connectivity index (χ1n) is 6.92. The normalized spacial score (nSPS) is 30.9. The highest BCUT2D eigenvalue weighted by Crippen LogP contribution is 2.47. The number of rotatable bonds is 5. The fraction of sp³-hybridized carbons (Fsp3) is 1.00. The quantitative estimate of drug-likeness (QED) is 0.606. The maximum absolute atomic E-state index is 1.61. The Balaban J connectivity index is 1.49. The lowest BCUT2D eigenvalue weighted by atomic mass is 9.68. The van der Waals surface area contributed by atoms with Crippen molar-refractivity contribution in [2.45, 2.75) is 64.2 Å². The fourth-order valence-electron chi connectivity index (χ4n) is 3.33. The molecule has 0 spiro atoms. The molecule has 0 N–H and O–H groups in total. The molecule has 0 aliphatic heterocycles. The highest BCUT2D eigenvalue weighted by molar-refractivity contribution is 4.86. The van der Waals surface area contributed by atoms with Crippen LogP contribution in [-0.2, 0) is 0 Å². The molecule has 0 aromatic heterocycles. The van der Waals surface area contributed by atoms with Gasteiger partial charge in [-0.1, -0.05) is 51.4 Å². The molecule has 80 valence electrons. The van der Waals surface area contributed by atoms with Crippen LogP contribution in [0.25, 0.3) is 0 Å². The minimum atomic E-state index is 1.15. The Morgan fingerprint density at radius 2 is 1.29 bits per heavy atom. The summed E-state index contributed by atoms with van der Waals surface area (Å²) in [5.41, 5.74) is 0. The minimum absolute atomic E-state index is 1.15. The molecular weight excluding hydrogens is 168 g/mol. The maximum Gasteiger partial charge on any atom is -0.0381 e. The van der Waals surface area contributed by atoms with Gasteiger partial charge in [0.05, 0.1) is 0 Å². The lowest BCUT2D eigenvalue weighted by Gasteiger charge is -2.38. The van der Waals surface area contributed by atoms with Crippen molar-refractivity contribution in [3.63, 3.8) is 0 Å². The van der Waals surface area contributed by atoms with Crippen LogP contribution in [0, 0.1) is 23.7 Å². The fourth-order valence-corrected chi connectivity index (χ4v) is 3.33. The molecule has 0 nitrogen and oxygen atoms in total. The van der Waals surface area contributed by atoms with Gasteiger partial charge in [-0.2, -0.15) is 0 Å². The zero-order valence-corrected chi connectivity index (χ0v) is 9.38. The van der Waals surface area contributed by atoms with Gasteiger partial charge in [-0.25, -0.2) is 0 Å². The molecule has 3 rings (SSSR count). The van der Waals surface area contributed by atoms with Gasteiger partial charge in [-0.05, 0) is 36.5 Å². The van der Waals surface area contributed by atoms with Gasteiger partial charge in [-0.15, -0.1) is 0 Å². The van der Waals surface area contributed by atoms with E-state index in [1.54, 1.807) is 51.4 Å². The third kappa shape index (κ3) is 1.99. The van der Waals surface area contributed by atoms with E-state index < -0.39 is 0 Å². The van der Waals surface area contributed by atoms with E-state index >= 15 is 0 Å². The second kappa shape index (κ2) is 3.87. The third-order valence-corrected chi connectivity index (χ3v) is 5.01. The van der Waals surface area contributed by atoms with Gasteiger partial charge >= 0.3 is 0 Å². The molecule has 0 amide bonds. The Hall–Kier alpha value is 0. The smallest absolute Gasteiger partial charge is 0.0381 e. The van der Waals surface area contributed by atoms with Gasteiger partial charge in [0, 0.05) is 0 Å². The summed E-state index contributed by atoms with van der Waals surface area (Å²) in [5.74, 6) is 4.64. The van der Waals surface area contributed by atoms with E-state index in [4.69, 9.17) is 0 Å². The molecule has 3 aliphatic rings. The van der Waals surface area contributed by atoms with Crippen molar-refractivity contribution < 1.29 is 0 Å². The molecule has 3 saturated carbocycles. The molecule has 14 heavy (non-hydrogen) atoms. The van der Waals surface area contributed by atoms with Crippen LogP contribution in [0.4, 0.5) is 0 Å². The van der Waals surface area contributed by atoms with Crippen LogP contribution < -0.4 is 0 Å². The van der Waals surface area contributed by atoms with E-state index in [-0.39, 0.29) is 0 Å². The molecule has 1 atom stereocenters. The van der Waals surface area contributed by atoms with Crippen molar-refractivity contribution in [2.24, 2.45) is 23.7 Å². The zero-order chi connectivity index (χ0) is 9.38. The van der Waals surface area contributed by atoms with Crippen molar-refractivity contribution in [2.75, 3.05) is 0 Å². The Kier molecular flexibility index (Phi) is 2.55. The van der Waals surface area contributed by atoms with Crippen LogP contribution in [0.5, 0.6) is 0 Å². The van der Waals surface area contributed by atoms with Gasteiger partial charge < -0.3 is 0 Å². The highest BCUT2D eigenvalue weighted by atomic mass is 14.4. The summed E-state index contributed by atoms with van der Waals surface area (Å²) in [5, 5.41) is 0. The zero-order valence-electron chi connectivity index (χ0n) is 9.38. The summed E-state index contributed by atoms with van der Waals surface area (Å²) in [6, 6.07) is 0. The van der Waals surface area contributed by atoms with Crippen molar-refractivity contribution in [3.8, 4) is 0 Å². The van der Waals surface area contributed by atoms with Crippen LogP contribution in [0.1, 0.15) is 64.2 Å². The molecule has 0 aromatic carbocycles. The summed E-state index contributed by atoms with van der Waals surface area (Å²) in [6.45, 7) is 0. The van der Waals surface area contributed by atoms with Crippen molar-refractivity contribution in [1.82, 2.24) is 0 Å². The molecule has 0 heterocycles. The molecule has 1 unspecified atom stereocenters. The largest absolute Gasteiger partial charge is 0.0528 e. The molecule has 0 saturated heterocycles. The summed E-state index contributed by atoms with van der Waals surface area (Å²) in [7, 11) is 0. The van der Waals surface area contributed by atoms with E-state index in [0.29, 0.717) is 0 Å². The topological polar surface area (TPSA) is 0 Å². The Labute approximate surface area is 88.5 Å². The highest BCUT2D eigenvalue weighted by Gasteiger charge is 2.34. The molecule has 0 radical (unpaired) electrons. The van der Waals surface area contributed by atoms with E-state index in [1.807, 2.05) is 0 Å². The average molecular weight is 192 g/mol. The first-order chi connectivity index (χ1) is 6.92. The van der Waals surface area contributed by atoms with Gasteiger partial charge in [0.1, 0.15) is 0 Å². The van der Waals surface area contributed by atoms with E-state index in [0.717, 1.165) is 17.8 Å². The maximum atomic E-state index is 1.61. The molecule has 3 aliphatic carbocycles. The average Bonchev–Trinajstić information content (AvgIpc) is 2.76. The standard InChI is InChI=1S/C14H24/c1-3-11(4-1)9-14(10-12-7-8-12)13-5-2-6-13/h11-14H,1-10H2. The van der Waals surface area contributed by atoms with Crippen LogP contribution in [0.3, 0.4) is 0 Å². The first-order valence-corrected chi connectivity index (χ1v) is 6.92. The summed E-state index contributed by atoms with van der Waals surface area (Å²) < 4.78 is 0. The minimum Gasteiger partial charge on any atom is -0.0528 e. The first kappa shape index (κ1) is 9.24. The Bertz CT molecular complexity index is 184. The van der Waals surface area contributed by atoms with Crippen molar-refractivity contribution >= 4 is 0 Å². The van der Waals surface area contributed by atoms with Crippen molar-refractivity contribution in [3.05, 3.63) is 0 Å². The molecule has 3 fully saturated rings. The number of hydrogen-bond acceptors (Lipinski definition) is 0. The predicted molar refractivity (Wildman–Crippen MR) is 60.1 cm³/mol. The molecule has 0 bridgehead atoms. The van der Waals surface area contributed by atoms with Crippen LogP contribution in [-0.4, -0.2) is 0 Å². The van der Waals surface area contributed by atoms with Gasteiger partial charge in [0.2, 0.25) is 0 Å². The van der Waals surface area contributed by atoms with Gasteiger partial charge in [0.25, 0.3) is 0 Å². The van der Waals surface area contributed by atoms with Gasteiger partial charge in [0.15, 0.2) is 0 Å². The second-order valence-electron chi connectivity index (χ2n) is 6.16. The summed E-state index contributed by atoms with van der Waals surface area (Å²) in [6.07, 6.45) is 15.7. The van der Waals surface area contributed by atoms with E-state index in [9.17, 15) is 0 Å². The van der Waals surface area contributed by atoms with Gasteiger partial charge in [-0.3, -0.25) is 0 Å². The molecule has 0 aromatic rings. The molecule has 0 heteroatoms. The SMILES string of the molecule is C1CC(CC(CC2CC2)C2CCC2)C1. The van der Waals surface area contributed by atoms with Crippen LogP contribution >= 0.6 is 0 Å². The van der Waals surface area contributed by atoms with Crippen LogP contribution in [0.15, 0.2) is 0 Å². The van der Waals surface area contributed by atoms with E-state index in [1.165, 1.54) is 18.8 Å². The number of hydrogen-bond donors (Lipinski definition) is 0. The van der Waals surface area contributed by atoms with Crippen molar-refractivity contribution in [1.29, 1.82) is 0 Å². The van der Waals surface area contributed by atoms with Crippen LogP contribution in [0.2, 0.25) is 0 Å². The lowest BCUT2D eigenvalue weighted by Crippen LogP contribution is -2.26. The Morgan fingerprint density at radius 1 is 0.714 bits per heavy atom. The van der Waals surface area contributed by atoms with E-state index in [2.05, 4.69) is 0 Å². The summed E-state index contributed by atoms with van der Waals surface area (Å²) >= 11 is 0. The third-order valence-electron chi connectivity index (χ3n) is 5.01. The predicted octanol–water partition coefficient (Wildman–Crippen LogP) is 4.39.